The van der Waals surface area contributed by atoms with E-state index >= 15 is 0 Å². The van der Waals surface area contributed by atoms with Gasteiger partial charge in [-0.25, -0.2) is 8.42 Å². The molecule has 0 aromatic rings. The number of hydrogen-bond acceptors (Lipinski definition) is 4. The molecule has 1 saturated heterocycles. The van der Waals surface area contributed by atoms with Crippen molar-refractivity contribution in [2.24, 2.45) is 0 Å². The summed E-state index contributed by atoms with van der Waals surface area (Å²) < 4.78 is 22.6. The van der Waals surface area contributed by atoms with E-state index in [-0.39, 0.29) is 5.75 Å². The molecule has 4 nitrogen and oxygen atoms in total. The summed E-state index contributed by atoms with van der Waals surface area (Å²) in [6.45, 7) is 7.41. The van der Waals surface area contributed by atoms with E-state index in [1.807, 2.05) is 0 Å². The normalized spacial score (nSPS) is 25.1. The van der Waals surface area contributed by atoms with Gasteiger partial charge in [0.25, 0.3) is 0 Å². The number of nitrogens with zero attached hydrogens (tertiary/aromatic N) is 1. The summed E-state index contributed by atoms with van der Waals surface area (Å²) in [6, 6.07) is 0.454. The van der Waals surface area contributed by atoms with Crippen molar-refractivity contribution in [3.8, 4) is 0 Å². The monoisotopic (exact) mass is 220 g/mol. The average Bonchev–Trinajstić information content (AvgIpc) is 2.17. The Kier molecular flexibility index (Phi) is 4.34. The highest BCUT2D eigenvalue weighted by molar-refractivity contribution is 7.91. The van der Waals surface area contributed by atoms with E-state index in [0.717, 1.165) is 19.6 Å². The molecule has 84 valence electrons. The summed E-state index contributed by atoms with van der Waals surface area (Å²) in [7, 11) is -2.80. The first-order chi connectivity index (χ1) is 6.55. The van der Waals surface area contributed by atoms with Gasteiger partial charge in [0.2, 0.25) is 0 Å². The van der Waals surface area contributed by atoms with Gasteiger partial charge in [-0.1, -0.05) is 6.92 Å². The van der Waals surface area contributed by atoms with Crippen LogP contribution in [0.2, 0.25) is 0 Å². The van der Waals surface area contributed by atoms with Crippen molar-refractivity contribution in [1.82, 2.24) is 10.2 Å². The van der Waals surface area contributed by atoms with E-state index in [1.54, 1.807) is 6.92 Å². The minimum absolute atomic E-state index is 0.257. The Morgan fingerprint density at radius 1 is 1.50 bits per heavy atom. The first-order valence-corrected chi connectivity index (χ1v) is 7.02. The van der Waals surface area contributed by atoms with Gasteiger partial charge in [-0.15, -0.1) is 0 Å². The number of hydrogen-bond donors (Lipinski definition) is 1. The molecule has 0 saturated carbocycles. The minimum atomic E-state index is -2.80. The van der Waals surface area contributed by atoms with Crippen LogP contribution >= 0.6 is 0 Å². The summed E-state index contributed by atoms with van der Waals surface area (Å²) in [5.41, 5.74) is 0. The first-order valence-electron chi connectivity index (χ1n) is 5.20. The van der Waals surface area contributed by atoms with E-state index in [2.05, 4.69) is 17.1 Å². The molecule has 1 heterocycles. The molecule has 0 aromatic carbocycles. The maximum atomic E-state index is 11.3. The summed E-state index contributed by atoms with van der Waals surface area (Å²) in [5, 5.41) is 3.28. The lowest BCUT2D eigenvalue weighted by molar-refractivity contribution is 0.184. The Labute approximate surface area is 86.6 Å². The zero-order valence-electron chi connectivity index (χ0n) is 8.99. The topological polar surface area (TPSA) is 49.4 Å². The van der Waals surface area contributed by atoms with E-state index in [0.29, 0.717) is 18.3 Å². The van der Waals surface area contributed by atoms with Crippen LogP contribution in [0.4, 0.5) is 0 Å². The second kappa shape index (κ2) is 5.09. The molecule has 1 rings (SSSR count). The predicted molar refractivity (Wildman–Crippen MR) is 58.2 cm³/mol. The molecule has 0 amide bonds. The third kappa shape index (κ3) is 3.55. The molecule has 5 heteroatoms. The van der Waals surface area contributed by atoms with E-state index in [1.165, 1.54) is 0 Å². The van der Waals surface area contributed by atoms with Crippen LogP contribution < -0.4 is 5.32 Å². The molecule has 1 unspecified atom stereocenters. The van der Waals surface area contributed by atoms with Gasteiger partial charge in [-0.05, 0) is 6.92 Å². The van der Waals surface area contributed by atoms with Gasteiger partial charge in [0.1, 0.15) is 0 Å². The van der Waals surface area contributed by atoms with Gasteiger partial charge in [0.05, 0.1) is 5.75 Å². The lowest BCUT2D eigenvalue weighted by Crippen LogP contribution is -2.51. The summed E-state index contributed by atoms with van der Waals surface area (Å²) in [4.78, 5) is 2.24. The second-order valence-corrected chi connectivity index (χ2v) is 6.30. The molecule has 14 heavy (non-hydrogen) atoms. The molecule has 0 bridgehead atoms. The lowest BCUT2D eigenvalue weighted by Gasteiger charge is -2.33. The SMILES string of the molecule is CCS(=O)(=O)CCN1CCNCC1C. The maximum Gasteiger partial charge on any atom is 0.151 e. The largest absolute Gasteiger partial charge is 0.314 e. The van der Waals surface area contributed by atoms with Gasteiger partial charge >= 0.3 is 0 Å². The molecule has 1 aliphatic rings. The minimum Gasteiger partial charge on any atom is -0.314 e. The standard InChI is InChI=1S/C9H20N2O2S/c1-3-14(12,13)7-6-11-5-4-10-8-9(11)2/h9-10H,3-8H2,1-2H3. The molecule has 0 aromatic heterocycles. The molecule has 0 spiro atoms. The fourth-order valence-electron chi connectivity index (χ4n) is 1.62. The smallest absolute Gasteiger partial charge is 0.151 e. The van der Waals surface area contributed by atoms with Crippen molar-refractivity contribution in [2.75, 3.05) is 37.7 Å². The predicted octanol–water partition coefficient (Wildman–Crippen LogP) is -0.285. The third-order valence-corrected chi connectivity index (χ3v) is 4.45. The van der Waals surface area contributed by atoms with Gasteiger partial charge in [-0.3, -0.25) is 4.90 Å². The van der Waals surface area contributed by atoms with Crippen LogP contribution in [0.15, 0.2) is 0 Å². The van der Waals surface area contributed by atoms with Crippen molar-refractivity contribution in [3.05, 3.63) is 0 Å². The Hall–Kier alpha value is -0.130. The highest BCUT2D eigenvalue weighted by atomic mass is 32.2. The van der Waals surface area contributed by atoms with Crippen molar-refractivity contribution in [2.45, 2.75) is 19.9 Å². The lowest BCUT2D eigenvalue weighted by atomic mass is 10.2. The Morgan fingerprint density at radius 2 is 2.21 bits per heavy atom. The average molecular weight is 220 g/mol. The van der Waals surface area contributed by atoms with Crippen molar-refractivity contribution in [3.63, 3.8) is 0 Å². The van der Waals surface area contributed by atoms with Crippen LogP contribution in [0.5, 0.6) is 0 Å². The van der Waals surface area contributed by atoms with Crippen LogP contribution in [-0.2, 0) is 9.84 Å². The van der Waals surface area contributed by atoms with Crippen molar-refractivity contribution >= 4 is 9.84 Å². The van der Waals surface area contributed by atoms with Gasteiger partial charge in [-0.2, -0.15) is 0 Å². The van der Waals surface area contributed by atoms with Gasteiger partial charge in [0, 0.05) is 38.0 Å². The molecular weight excluding hydrogens is 200 g/mol. The summed E-state index contributed by atoms with van der Waals surface area (Å²) in [5.74, 6) is 0.557. The van der Waals surface area contributed by atoms with Gasteiger partial charge in [0.15, 0.2) is 9.84 Å². The van der Waals surface area contributed by atoms with E-state index in [4.69, 9.17) is 0 Å². The van der Waals surface area contributed by atoms with Crippen molar-refractivity contribution < 1.29 is 8.42 Å². The van der Waals surface area contributed by atoms with Gasteiger partial charge < -0.3 is 5.32 Å². The fraction of sp³-hybridized carbons (Fsp3) is 1.00. The molecule has 1 aliphatic heterocycles. The first kappa shape index (κ1) is 11.9. The number of nitrogens with one attached hydrogen (secondary N) is 1. The Morgan fingerprint density at radius 3 is 2.79 bits per heavy atom. The van der Waals surface area contributed by atoms with Crippen LogP contribution in [0, 0.1) is 0 Å². The number of sulfone groups is 1. The fourth-order valence-corrected chi connectivity index (χ4v) is 2.42. The molecule has 1 fully saturated rings. The Balaban J connectivity index is 2.36. The van der Waals surface area contributed by atoms with Crippen LogP contribution in [0.25, 0.3) is 0 Å². The number of piperazine rings is 1. The zero-order valence-corrected chi connectivity index (χ0v) is 9.81. The number of rotatable bonds is 4. The molecule has 1 N–H and O–H groups in total. The molecule has 1 atom stereocenters. The molecule has 0 aliphatic carbocycles. The highest BCUT2D eigenvalue weighted by Crippen LogP contribution is 2.02. The molecule has 0 radical (unpaired) electrons. The van der Waals surface area contributed by atoms with Crippen LogP contribution in [0.1, 0.15) is 13.8 Å². The van der Waals surface area contributed by atoms with Crippen molar-refractivity contribution in [1.29, 1.82) is 0 Å². The highest BCUT2D eigenvalue weighted by Gasteiger charge is 2.19. The molecular formula is C9H20N2O2S. The summed E-state index contributed by atoms with van der Waals surface area (Å²) >= 11 is 0. The Bertz CT molecular complexity index is 264. The van der Waals surface area contributed by atoms with Crippen LogP contribution in [0.3, 0.4) is 0 Å². The second-order valence-electron chi connectivity index (χ2n) is 3.83. The van der Waals surface area contributed by atoms with E-state index in [9.17, 15) is 8.42 Å². The van der Waals surface area contributed by atoms with E-state index < -0.39 is 9.84 Å². The van der Waals surface area contributed by atoms with Crippen LogP contribution in [-0.4, -0.2) is 57.0 Å². The quantitative estimate of drug-likeness (QED) is 0.707. The zero-order chi connectivity index (χ0) is 10.6. The summed E-state index contributed by atoms with van der Waals surface area (Å²) in [6.07, 6.45) is 0. The maximum absolute atomic E-state index is 11.3. The third-order valence-electron chi connectivity index (χ3n) is 2.77.